The standard InChI is InChI=1S/C24H25ClN6O4S/c25-19-8-27-24(29-16-3-5-35-6-4-16)30-22(19)14-1-2-15-10-31(23(34)18(15)7-14)11-20(33)26-9-21-28-17(12-32)13-36-21/h1-2,7-8,13,16,32H,3-6,9-12H2,(H,26,33)(H,27,29,30). The van der Waals surface area contributed by atoms with Crippen molar-refractivity contribution in [3.05, 3.63) is 56.6 Å². The highest BCUT2D eigenvalue weighted by Gasteiger charge is 2.29. The first kappa shape index (κ1) is 24.6. The fourth-order valence-electron chi connectivity index (χ4n) is 4.21. The molecule has 0 radical (unpaired) electrons. The second kappa shape index (κ2) is 10.9. The second-order valence-corrected chi connectivity index (χ2v) is 9.97. The molecule has 0 bridgehead atoms. The first-order valence-corrected chi connectivity index (χ1v) is 12.9. The topological polar surface area (TPSA) is 130 Å². The first-order chi connectivity index (χ1) is 17.5. The molecular formula is C24H25ClN6O4S. The van der Waals surface area contributed by atoms with Crippen LogP contribution in [0.3, 0.4) is 0 Å². The maximum Gasteiger partial charge on any atom is 0.254 e. The summed E-state index contributed by atoms with van der Waals surface area (Å²) in [4.78, 5) is 40.1. The molecule has 4 heterocycles. The highest BCUT2D eigenvalue weighted by atomic mass is 35.5. The number of nitrogens with zero attached hydrogens (tertiary/aromatic N) is 4. The highest BCUT2D eigenvalue weighted by molar-refractivity contribution is 7.09. The van der Waals surface area contributed by atoms with Crippen LogP contribution in [-0.4, -0.2) is 62.6 Å². The number of hydrogen-bond acceptors (Lipinski definition) is 9. The van der Waals surface area contributed by atoms with Crippen molar-refractivity contribution in [3.63, 3.8) is 0 Å². The summed E-state index contributed by atoms with van der Waals surface area (Å²) in [7, 11) is 0. The smallest absolute Gasteiger partial charge is 0.254 e. The molecule has 3 N–H and O–H groups in total. The number of benzene rings is 1. The monoisotopic (exact) mass is 528 g/mol. The second-order valence-electron chi connectivity index (χ2n) is 8.62. The SMILES string of the molecule is O=C(CN1Cc2ccc(-c3nc(NC4CCOCC4)ncc3Cl)cc2C1=O)NCc1nc(CO)cs1. The Labute approximate surface area is 216 Å². The number of ether oxygens (including phenoxy) is 1. The summed E-state index contributed by atoms with van der Waals surface area (Å²) in [5, 5.41) is 18.1. The van der Waals surface area contributed by atoms with Gasteiger partial charge in [0.05, 0.1) is 35.8 Å². The fraction of sp³-hybridized carbons (Fsp3) is 0.375. The third-order valence-corrected chi connectivity index (χ3v) is 7.27. The largest absolute Gasteiger partial charge is 0.390 e. The molecule has 2 amide bonds. The number of aliphatic hydroxyl groups excluding tert-OH is 1. The minimum absolute atomic E-state index is 0.0610. The zero-order chi connectivity index (χ0) is 25.1. The third kappa shape index (κ3) is 5.49. The predicted octanol–water partition coefficient (Wildman–Crippen LogP) is 2.61. The van der Waals surface area contributed by atoms with Gasteiger partial charge < -0.3 is 25.4 Å². The maximum atomic E-state index is 13.1. The van der Waals surface area contributed by atoms with Gasteiger partial charge in [-0.3, -0.25) is 9.59 Å². The normalized spacial score (nSPS) is 15.7. The lowest BCUT2D eigenvalue weighted by Gasteiger charge is -2.23. The summed E-state index contributed by atoms with van der Waals surface area (Å²) in [6.07, 6.45) is 3.32. The van der Waals surface area contributed by atoms with Gasteiger partial charge >= 0.3 is 0 Å². The van der Waals surface area contributed by atoms with Crippen molar-refractivity contribution in [2.75, 3.05) is 25.1 Å². The molecule has 2 aromatic heterocycles. The molecule has 1 fully saturated rings. The molecular weight excluding hydrogens is 504 g/mol. The van der Waals surface area contributed by atoms with Crippen molar-refractivity contribution in [1.29, 1.82) is 0 Å². The van der Waals surface area contributed by atoms with Crippen molar-refractivity contribution >= 4 is 40.7 Å². The Morgan fingerprint density at radius 2 is 2.11 bits per heavy atom. The van der Waals surface area contributed by atoms with Crippen LogP contribution in [-0.2, 0) is 29.2 Å². The van der Waals surface area contributed by atoms with E-state index in [0.717, 1.165) is 18.4 Å². The van der Waals surface area contributed by atoms with Crippen LogP contribution in [0.25, 0.3) is 11.3 Å². The summed E-state index contributed by atoms with van der Waals surface area (Å²) in [6, 6.07) is 5.76. The number of amides is 2. The number of thiazole rings is 1. The highest BCUT2D eigenvalue weighted by Crippen LogP contribution is 2.31. The number of halogens is 1. The fourth-order valence-corrected chi connectivity index (χ4v) is 5.13. The lowest BCUT2D eigenvalue weighted by Crippen LogP contribution is -2.37. The van der Waals surface area contributed by atoms with E-state index in [-0.39, 0.29) is 37.6 Å². The Bertz CT molecular complexity index is 1280. The lowest BCUT2D eigenvalue weighted by molar-refractivity contribution is -0.122. The van der Waals surface area contributed by atoms with Crippen LogP contribution in [0.1, 0.15) is 39.5 Å². The molecule has 2 aliphatic heterocycles. The molecule has 2 aliphatic rings. The minimum atomic E-state index is -0.278. The molecule has 0 spiro atoms. The first-order valence-electron chi connectivity index (χ1n) is 11.6. The summed E-state index contributed by atoms with van der Waals surface area (Å²) in [5.41, 5.74) is 3.19. The van der Waals surface area contributed by atoms with Gasteiger partial charge in [-0.25, -0.2) is 15.0 Å². The Morgan fingerprint density at radius 1 is 1.28 bits per heavy atom. The molecule has 0 saturated carbocycles. The molecule has 0 unspecified atom stereocenters. The van der Waals surface area contributed by atoms with E-state index in [9.17, 15) is 9.59 Å². The van der Waals surface area contributed by atoms with Crippen molar-refractivity contribution < 1.29 is 19.4 Å². The Morgan fingerprint density at radius 3 is 2.89 bits per heavy atom. The minimum Gasteiger partial charge on any atom is -0.390 e. The van der Waals surface area contributed by atoms with Gasteiger partial charge in [0.25, 0.3) is 5.91 Å². The van der Waals surface area contributed by atoms with Crippen molar-refractivity contribution in [3.8, 4) is 11.3 Å². The number of nitrogens with one attached hydrogen (secondary N) is 2. The average Bonchev–Trinajstić information content (AvgIpc) is 3.48. The van der Waals surface area contributed by atoms with Gasteiger partial charge in [-0.2, -0.15) is 0 Å². The Kier molecular flexibility index (Phi) is 7.42. The van der Waals surface area contributed by atoms with Crippen LogP contribution in [0.2, 0.25) is 5.02 Å². The molecule has 3 aromatic rings. The van der Waals surface area contributed by atoms with Crippen molar-refractivity contribution in [2.24, 2.45) is 0 Å². The summed E-state index contributed by atoms with van der Waals surface area (Å²) in [5.74, 6) is -0.0119. The van der Waals surface area contributed by atoms with E-state index in [2.05, 4.69) is 25.6 Å². The van der Waals surface area contributed by atoms with Crippen LogP contribution >= 0.6 is 22.9 Å². The third-order valence-electron chi connectivity index (χ3n) is 6.09. The number of fused-ring (bicyclic) bond motifs is 1. The van der Waals surface area contributed by atoms with E-state index in [0.29, 0.717) is 58.3 Å². The number of rotatable bonds is 8. The van der Waals surface area contributed by atoms with Crippen molar-refractivity contribution in [1.82, 2.24) is 25.2 Å². The zero-order valence-electron chi connectivity index (χ0n) is 19.4. The van der Waals surface area contributed by atoms with Crippen LogP contribution in [0, 0.1) is 0 Å². The number of aromatic nitrogens is 3. The molecule has 0 aliphatic carbocycles. The van der Waals surface area contributed by atoms with Crippen LogP contribution in [0.15, 0.2) is 29.8 Å². The van der Waals surface area contributed by atoms with Crippen molar-refractivity contribution in [2.45, 2.75) is 38.6 Å². The number of carbonyl (C=O) groups is 2. The van der Waals surface area contributed by atoms with E-state index >= 15 is 0 Å². The Hall–Kier alpha value is -3.12. The molecule has 1 aromatic carbocycles. The molecule has 36 heavy (non-hydrogen) atoms. The van der Waals surface area contributed by atoms with Gasteiger partial charge in [0.15, 0.2) is 0 Å². The molecule has 0 atom stereocenters. The van der Waals surface area contributed by atoms with E-state index in [1.165, 1.54) is 16.2 Å². The van der Waals surface area contributed by atoms with Crippen LogP contribution in [0.5, 0.6) is 0 Å². The van der Waals surface area contributed by atoms with Gasteiger partial charge in [-0.15, -0.1) is 11.3 Å². The number of carbonyl (C=O) groups excluding carboxylic acids is 2. The molecule has 1 saturated heterocycles. The summed E-state index contributed by atoms with van der Waals surface area (Å²) >= 11 is 7.78. The predicted molar refractivity (Wildman–Crippen MR) is 135 cm³/mol. The maximum absolute atomic E-state index is 13.1. The van der Waals surface area contributed by atoms with Gasteiger partial charge in [0.1, 0.15) is 11.6 Å². The summed E-state index contributed by atoms with van der Waals surface area (Å²) < 4.78 is 5.40. The molecule has 12 heteroatoms. The van der Waals surface area contributed by atoms with Gasteiger partial charge in [0.2, 0.25) is 11.9 Å². The number of aliphatic hydroxyl groups is 1. The van der Waals surface area contributed by atoms with E-state index < -0.39 is 0 Å². The van der Waals surface area contributed by atoms with Crippen LogP contribution in [0.4, 0.5) is 5.95 Å². The lowest BCUT2D eigenvalue weighted by atomic mass is 10.0. The molecule has 5 rings (SSSR count). The van der Waals surface area contributed by atoms with Gasteiger partial charge in [-0.1, -0.05) is 23.7 Å². The van der Waals surface area contributed by atoms with Gasteiger partial charge in [-0.05, 0) is 24.5 Å². The summed E-state index contributed by atoms with van der Waals surface area (Å²) in [6.45, 7) is 1.81. The van der Waals surface area contributed by atoms with E-state index in [1.54, 1.807) is 17.6 Å². The Balaban J connectivity index is 1.25. The quantitative estimate of drug-likeness (QED) is 0.407. The average molecular weight is 529 g/mol. The number of anilines is 1. The molecule has 188 valence electrons. The van der Waals surface area contributed by atoms with E-state index in [1.807, 2.05) is 12.1 Å². The van der Waals surface area contributed by atoms with E-state index in [4.69, 9.17) is 21.4 Å². The number of hydrogen-bond donors (Lipinski definition) is 3. The zero-order valence-corrected chi connectivity index (χ0v) is 20.9. The van der Waals surface area contributed by atoms with Gasteiger partial charge in [0, 0.05) is 42.3 Å². The molecule has 10 nitrogen and oxygen atoms in total. The van der Waals surface area contributed by atoms with Crippen LogP contribution < -0.4 is 10.6 Å².